The minimum absolute atomic E-state index is 0.172. The van der Waals surface area contributed by atoms with Crippen LogP contribution in [0.25, 0.3) is 0 Å². The molecule has 1 heterocycles. The highest BCUT2D eigenvalue weighted by Crippen LogP contribution is 2.40. The van der Waals surface area contributed by atoms with Gasteiger partial charge in [0.05, 0.1) is 11.5 Å². The van der Waals surface area contributed by atoms with Crippen molar-refractivity contribution in [2.45, 2.75) is 52.6 Å². The lowest BCUT2D eigenvalue weighted by Gasteiger charge is -2.32. The quantitative estimate of drug-likeness (QED) is 0.646. The molecule has 1 unspecified atom stereocenters. The molecule has 160 valence electrons. The number of hydrogen-bond donors (Lipinski definition) is 1. The summed E-state index contributed by atoms with van der Waals surface area (Å²) in [5, 5.41) is 10.3. The molecule has 0 aromatic heterocycles. The van der Waals surface area contributed by atoms with E-state index in [1.165, 1.54) is 0 Å². The minimum atomic E-state index is -2.47. The maximum absolute atomic E-state index is 12.3. The highest BCUT2D eigenvalue weighted by molar-refractivity contribution is 7.73. The monoisotopic (exact) mass is 447 g/mol. The van der Waals surface area contributed by atoms with E-state index in [0.29, 0.717) is 17.1 Å². The Morgan fingerprint density at radius 1 is 1.17 bits per heavy atom. The van der Waals surface area contributed by atoms with E-state index in [-0.39, 0.29) is 17.2 Å². The molecular weight excluding hydrogens is 422 g/mol. The molecule has 0 saturated carbocycles. The molecule has 0 spiro atoms. The van der Waals surface area contributed by atoms with Gasteiger partial charge in [-0.05, 0) is 61.6 Å². The Labute approximate surface area is 183 Å². The maximum atomic E-state index is 12.3. The molecule has 1 N–H and O–H groups in total. The van der Waals surface area contributed by atoms with E-state index in [1.54, 1.807) is 26.0 Å². The number of benzene rings is 2. The average Bonchev–Trinajstić information content (AvgIpc) is 2.95. The number of carboxylic acid groups (broad SMARTS) is 1. The van der Waals surface area contributed by atoms with Crippen LogP contribution in [0, 0.1) is 5.41 Å². The van der Waals surface area contributed by atoms with Gasteiger partial charge in [0.25, 0.3) is 0 Å². The minimum Gasteiger partial charge on any atom is -0.481 e. The Morgan fingerprint density at radius 3 is 2.33 bits per heavy atom. The van der Waals surface area contributed by atoms with Gasteiger partial charge in [-0.25, -0.2) is 0 Å². The van der Waals surface area contributed by atoms with Gasteiger partial charge in [0, 0.05) is 22.8 Å². The van der Waals surface area contributed by atoms with Crippen molar-refractivity contribution in [2.24, 2.45) is 5.41 Å². The van der Waals surface area contributed by atoms with Crippen molar-refractivity contribution in [1.29, 1.82) is 0 Å². The van der Waals surface area contributed by atoms with Gasteiger partial charge < -0.3 is 10.0 Å². The summed E-state index contributed by atoms with van der Waals surface area (Å²) in [5.41, 5.74) is 2.39. The zero-order valence-corrected chi connectivity index (χ0v) is 19.1. The van der Waals surface area contributed by atoms with Crippen molar-refractivity contribution >= 4 is 38.4 Å². The first-order valence-corrected chi connectivity index (χ1v) is 11.3. The molecule has 0 radical (unpaired) electrons. The first-order valence-electron chi connectivity index (χ1n) is 9.86. The van der Waals surface area contributed by atoms with Crippen LogP contribution in [0.15, 0.2) is 42.5 Å². The zero-order chi connectivity index (χ0) is 22.2. The van der Waals surface area contributed by atoms with E-state index in [4.69, 9.17) is 11.6 Å². The van der Waals surface area contributed by atoms with Gasteiger partial charge in [-0.15, -0.1) is 0 Å². The molecule has 1 aliphatic heterocycles. The normalized spacial score (nSPS) is 16.1. The lowest BCUT2D eigenvalue weighted by Crippen LogP contribution is -2.41. The van der Waals surface area contributed by atoms with Gasteiger partial charge in [0.15, 0.2) is 0 Å². The highest BCUT2D eigenvalue weighted by atomic mass is 35.5. The summed E-state index contributed by atoms with van der Waals surface area (Å²) >= 11 is 6.01. The van der Waals surface area contributed by atoms with Gasteiger partial charge in [0.1, 0.15) is 4.86 Å². The number of aliphatic carboxylic acids is 1. The molecule has 0 amide bonds. The van der Waals surface area contributed by atoms with E-state index in [9.17, 15) is 18.3 Å². The Kier molecular flexibility index (Phi) is 6.29. The maximum Gasteiger partial charge on any atom is 0.309 e. The topological polar surface area (TPSA) is 74.7 Å². The molecule has 30 heavy (non-hydrogen) atoms. The first-order chi connectivity index (χ1) is 14.0. The number of carbonyl (C=O) groups is 1. The third-order valence-corrected chi connectivity index (χ3v) is 6.77. The van der Waals surface area contributed by atoms with Crippen molar-refractivity contribution in [3.8, 4) is 0 Å². The number of hydrogen-bond acceptors (Lipinski definition) is 4. The van der Waals surface area contributed by atoms with Crippen molar-refractivity contribution in [2.75, 3.05) is 4.90 Å². The third-order valence-electron chi connectivity index (χ3n) is 5.67. The predicted octanol–water partition coefficient (Wildman–Crippen LogP) is 4.75. The van der Waals surface area contributed by atoms with Crippen molar-refractivity contribution < 1.29 is 18.3 Å². The van der Waals surface area contributed by atoms with E-state index in [1.807, 2.05) is 35.2 Å². The van der Waals surface area contributed by atoms with Crippen LogP contribution in [0.3, 0.4) is 0 Å². The van der Waals surface area contributed by atoms with Gasteiger partial charge in [0.2, 0.25) is 10.3 Å². The molecule has 3 rings (SSSR count). The summed E-state index contributed by atoms with van der Waals surface area (Å²) in [4.78, 5) is 14.1. The second-order valence-corrected chi connectivity index (χ2v) is 10.0. The molecule has 0 saturated heterocycles. The summed E-state index contributed by atoms with van der Waals surface area (Å²) in [5.74, 6) is -0.709. The summed E-state index contributed by atoms with van der Waals surface area (Å²) in [6.45, 7) is 7.82. The van der Waals surface area contributed by atoms with E-state index < -0.39 is 27.7 Å². The fourth-order valence-electron chi connectivity index (χ4n) is 3.81. The van der Waals surface area contributed by atoms with Gasteiger partial charge in [-0.2, -0.15) is 8.42 Å². The lowest BCUT2D eigenvalue weighted by molar-refractivity contribution is -0.147. The van der Waals surface area contributed by atoms with Gasteiger partial charge in [-0.3, -0.25) is 4.79 Å². The van der Waals surface area contributed by atoms with Crippen LogP contribution in [0.5, 0.6) is 0 Å². The largest absolute Gasteiger partial charge is 0.481 e. The highest BCUT2D eigenvalue weighted by Gasteiger charge is 2.42. The second kappa shape index (κ2) is 8.44. The Balaban J connectivity index is 2.16. The summed E-state index contributed by atoms with van der Waals surface area (Å²) < 4.78 is 24.7. The van der Waals surface area contributed by atoms with Crippen LogP contribution >= 0.6 is 11.6 Å². The van der Waals surface area contributed by atoms with Crippen LogP contribution in [-0.4, -0.2) is 30.4 Å². The summed E-state index contributed by atoms with van der Waals surface area (Å²) in [7, 11) is -2.47. The molecule has 2 aromatic rings. The summed E-state index contributed by atoms with van der Waals surface area (Å²) in [6.07, 6.45) is 0.172. The standard InChI is InChI=1S/C23H26ClNO4S/c1-14(2)16-7-10-19-18(11-16)21(30(28)29)20(12-23(3,4)22(26)27)25(19)13-15-5-8-17(24)9-6-15/h5-11,14,20H,12-13H2,1-4H3,(H,26,27). The van der Waals surface area contributed by atoms with Crippen LogP contribution < -0.4 is 4.90 Å². The Hall–Kier alpha value is -2.31. The zero-order valence-electron chi connectivity index (χ0n) is 17.5. The molecular formula is C23H26ClNO4S. The fourth-order valence-corrected chi connectivity index (χ4v) is 4.71. The molecule has 7 heteroatoms. The average molecular weight is 448 g/mol. The molecule has 5 nitrogen and oxygen atoms in total. The molecule has 0 aliphatic carbocycles. The first kappa shape index (κ1) is 22.4. The second-order valence-electron chi connectivity index (χ2n) is 8.69. The van der Waals surface area contributed by atoms with Crippen molar-refractivity contribution in [3.05, 3.63) is 64.2 Å². The number of rotatable bonds is 6. The lowest BCUT2D eigenvalue weighted by atomic mass is 9.84. The van der Waals surface area contributed by atoms with Crippen molar-refractivity contribution in [1.82, 2.24) is 0 Å². The third kappa shape index (κ3) is 4.40. The van der Waals surface area contributed by atoms with E-state index in [2.05, 4.69) is 13.8 Å². The van der Waals surface area contributed by atoms with Crippen LogP contribution in [-0.2, 0) is 21.6 Å². The molecule has 2 aromatic carbocycles. The molecule has 1 atom stereocenters. The Bertz CT molecular complexity index is 1100. The smallest absolute Gasteiger partial charge is 0.309 e. The van der Waals surface area contributed by atoms with Crippen LogP contribution in [0.1, 0.15) is 56.7 Å². The summed E-state index contributed by atoms with van der Waals surface area (Å²) in [6, 6.07) is 12.7. The van der Waals surface area contributed by atoms with Crippen LogP contribution in [0.2, 0.25) is 5.02 Å². The fraction of sp³-hybridized carbons (Fsp3) is 0.391. The number of anilines is 1. The number of fused-ring (bicyclic) bond motifs is 1. The SMILES string of the molecule is CC(C)c1ccc2c(c1)C(=S(=O)=O)C(CC(C)(C)C(=O)O)N2Cc1ccc(Cl)cc1. The van der Waals surface area contributed by atoms with Crippen LogP contribution in [0.4, 0.5) is 5.69 Å². The van der Waals surface area contributed by atoms with E-state index in [0.717, 1.165) is 16.8 Å². The van der Waals surface area contributed by atoms with E-state index >= 15 is 0 Å². The molecule has 1 aliphatic rings. The number of nitrogens with zero attached hydrogens (tertiary/aromatic N) is 1. The van der Waals surface area contributed by atoms with Gasteiger partial charge >= 0.3 is 5.97 Å². The molecule has 0 bridgehead atoms. The Morgan fingerprint density at radius 2 is 1.80 bits per heavy atom. The number of carboxylic acids is 1. The predicted molar refractivity (Wildman–Crippen MR) is 121 cm³/mol. The van der Waals surface area contributed by atoms with Crippen molar-refractivity contribution in [3.63, 3.8) is 0 Å². The molecule has 0 fully saturated rings. The number of halogens is 1. The van der Waals surface area contributed by atoms with Gasteiger partial charge in [-0.1, -0.05) is 43.6 Å².